The molecule has 5 rings (SSSR count). The smallest absolute Gasteiger partial charge is 0.253 e. The van der Waals surface area contributed by atoms with Gasteiger partial charge in [-0.15, -0.1) is 0 Å². The van der Waals surface area contributed by atoms with Gasteiger partial charge in [0.25, 0.3) is 5.91 Å². The standard InChI is InChI=1S/C23H27N3O2/c27-23(18-10-17-8-4-5-9-21(17)24-12-18)25-19-11-20-15-28-22(14-26(20)13-19)16-6-2-1-3-7-16/h1-3,6-7,10,12,19-20,22H,4-5,8-9,11,13-15H2,(H,25,27)/t19-,20+,22-/m1/s1. The van der Waals surface area contributed by atoms with E-state index < -0.39 is 0 Å². The number of carbonyl (C=O) groups excluding carboxylic acids is 1. The van der Waals surface area contributed by atoms with Gasteiger partial charge in [0.2, 0.25) is 0 Å². The van der Waals surface area contributed by atoms with Crippen LogP contribution in [0.1, 0.15) is 52.5 Å². The minimum absolute atomic E-state index is 0.00579. The Morgan fingerprint density at radius 2 is 2.00 bits per heavy atom. The maximum absolute atomic E-state index is 12.8. The number of hydrogen-bond donors (Lipinski definition) is 1. The molecule has 1 aromatic carbocycles. The lowest BCUT2D eigenvalue weighted by Gasteiger charge is -2.35. The summed E-state index contributed by atoms with van der Waals surface area (Å²) in [6.45, 7) is 2.51. The van der Waals surface area contributed by atoms with Gasteiger partial charge in [0, 0.05) is 37.1 Å². The van der Waals surface area contributed by atoms with Crippen LogP contribution in [-0.2, 0) is 17.6 Å². The first-order chi connectivity index (χ1) is 13.8. The molecule has 1 aliphatic carbocycles. The Labute approximate surface area is 166 Å². The second-order valence-electron chi connectivity index (χ2n) is 8.28. The largest absolute Gasteiger partial charge is 0.371 e. The zero-order valence-corrected chi connectivity index (χ0v) is 16.1. The van der Waals surface area contributed by atoms with Gasteiger partial charge in [-0.1, -0.05) is 30.3 Å². The first-order valence-electron chi connectivity index (χ1n) is 10.5. The van der Waals surface area contributed by atoms with Crippen molar-refractivity contribution < 1.29 is 9.53 Å². The van der Waals surface area contributed by atoms with Crippen LogP contribution in [0.3, 0.4) is 0 Å². The van der Waals surface area contributed by atoms with E-state index in [1.165, 1.54) is 29.7 Å². The molecule has 1 N–H and O–H groups in total. The average Bonchev–Trinajstić information content (AvgIpc) is 3.15. The van der Waals surface area contributed by atoms with Gasteiger partial charge in [0.1, 0.15) is 0 Å². The molecule has 0 saturated carbocycles. The predicted molar refractivity (Wildman–Crippen MR) is 107 cm³/mol. The third-order valence-corrected chi connectivity index (χ3v) is 6.36. The number of morpholine rings is 1. The maximum Gasteiger partial charge on any atom is 0.253 e. The number of nitrogens with one attached hydrogen (secondary N) is 1. The zero-order valence-electron chi connectivity index (χ0n) is 16.1. The van der Waals surface area contributed by atoms with Crippen LogP contribution in [-0.4, -0.2) is 47.6 Å². The number of hydrogen-bond acceptors (Lipinski definition) is 4. The van der Waals surface area contributed by atoms with E-state index in [9.17, 15) is 4.79 Å². The van der Waals surface area contributed by atoms with Gasteiger partial charge in [0.15, 0.2) is 0 Å². The van der Waals surface area contributed by atoms with Crippen LogP contribution >= 0.6 is 0 Å². The van der Waals surface area contributed by atoms with Crippen molar-refractivity contribution in [1.82, 2.24) is 15.2 Å². The average molecular weight is 377 g/mol. The number of pyridine rings is 1. The van der Waals surface area contributed by atoms with Crippen LogP contribution in [0.2, 0.25) is 0 Å². The van der Waals surface area contributed by atoms with Crippen LogP contribution in [0.5, 0.6) is 0 Å². The molecule has 5 nitrogen and oxygen atoms in total. The summed E-state index contributed by atoms with van der Waals surface area (Å²) in [6.07, 6.45) is 7.30. The molecule has 2 aliphatic heterocycles. The summed E-state index contributed by atoms with van der Waals surface area (Å²) < 4.78 is 6.11. The number of aromatic nitrogens is 1. The molecule has 3 heterocycles. The van der Waals surface area contributed by atoms with Gasteiger partial charge in [-0.25, -0.2) is 0 Å². The molecule has 2 saturated heterocycles. The summed E-state index contributed by atoms with van der Waals surface area (Å²) >= 11 is 0. The van der Waals surface area contributed by atoms with Crippen molar-refractivity contribution in [3.05, 3.63) is 65.0 Å². The number of carbonyl (C=O) groups is 1. The molecule has 1 amide bonds. The van der Waals surface area contributed by atoms with Crippen LogP contribution < -0.4 is 5.32 Å². The molecule has 0 bridgehead atoms. The Hall–Kier alpha value is -2.24. The van der Waals surface area contributed by atoms with E-state index in [1.54, 1.807) is 6.20 Å². The second-order valence-corrected chi connectivity index (χ2v) is 8.28. The minimum atomic E-state index is 0.00579. The lowest BCUT2D eigenvalue weighted by atomic mass is 9.95. The van der Waals surface area contributed by atoms with Crippen LogP contribution in [0.4, 0.5) is 0 Å². The monoisotopic (exact) mass is 377 g/mol. The van der Waals surface area contributed by atoms with E-state index in [-0.39, 0.29) is 18.1 Å². The van der Waals surface area contributed by atoms with Crippen LogP contribution in [0.25, 0.3) is 0 Å². The molecular weight excluding hydrogens is 350 g/mol. The number of aryl methyl sites for hydroxylation is 2. The Bertz CT molecular complexity index is 854. The molecule has 5 heteroatoms. The predicted octanol–water partition coefficient (Wildman–Crippen LogP) is 2.90. The molecule has 28 heavy (non-hydrogen) atoms. The van der Waals surface area contributed by atoms with Gasteiger partial charge in [0.05, 0.1) is 18.3 Å². The van der Waals surface area contributed by atoms with E-state index in [0.29, 0.717) is 11.6 Å². The van der Waals surface area contributed by atoms with Gasteiger partial charge in [-0.3, -0.25) is 14.7 Å². The summed E-state index contributed by atoms with van der Waals surface area (Å²) in [6, 6.07) is 13.0. The van der Waals surface area contributed by atoms with Gasteiger partial charge in [-0.05, 0) is 49.3 Å². The normalized spacial score (nSPS) is 27.1. The van der Waals surface area contributed by atoms with E-state index in [2.05, 4.69) is 39.5 Å². The van der Waals surface area contributed by atoms with Gasteiger partial charge < -0.3 is 10.1 Å². The molecule has 2 aromatic rings. The molecule has 0 radical (unpaired) electrons. The quantitative estimate of drug-likeness (QED) is 0.894. The van der Waals surface area contributed by atoms with Crippen molar-refractivity contribution in [2.45, 2.75) is 50.3 Å². The fourth-order valence-corrected chi connectivity index (χ4v) is 4.83. The van der Waals surface area contributed by atoms with Gasteiger partial charge in [-0.2, -0.15) is 0 Å². The zero-order chi connectivity index (χ0) is 18.9. The van der Waals surface area contributed by atoms with Crippen LogP contribution in [0, 0.1) is 0 Å². The summed E-state index contributed by atoms with van der Waals surface area (Å²) in [5.41, 5.74) is 4.35. The second kappa shape index (κ2) is 7.64. The number of nitrogens with zero attached hydrogens (tertiary/aromatic N) is 2. The number of amides is 1. The van der Waals surface area contributed by atoms with Crippen molar-refractivity contribution in [1.29, 1.82) is 0 Å². The highest BCUT2D eigenvalue weighted by molar-refractivity contribution is 5.94. The Morgan fingerprint density at radius 1 is 1.14 bits per heavy atom. The lowest BCUT2D eigenvalue weighted by molar-refractivity contribution is -0.0502. The highest BCUT2D eigenvalue weighted by Crippen LogP contribution is 2.30. The summed E-state index contributed by atoms with van der Waals surface area (Å²) in [5.74, 6) is 0.00579. The molecule has 0 unspecified atom stereocenters. The molecular formula is C23H27N3O2. The number of ether oxygens (including phenoxy) is 1. The molecule has 3 aliphatic rings. The molecule has 146 valence electrons. The number of benzene rings is 1. The van der Waals surface area contributed by atoms with Crippen molar-refractivity contribution in [3.63, 3.8) is 0 Å². The van der Waals surface area contributed by atoms with E-state index in [4.69, 9.17) is 4.74 Å². The first-order valence-corrected chi connectivity index (χ1v) is 10.5. The third kappa shape index (κ3) is 3.56. The summed E-state index contributed by atoms with van der Waals surface area (Å²) in [5, 5.41) is 3.24. The number of fused-ring (bicyclic) bond motifs is 2. The minimum Gasteiger partial charge on any atom is -0.371 e. The van der Waals surface area contributed by atoms with E-state index >= 15 is 0 Å². The number of rotatable bonds is 3. The SMILES string of the molecule is O=C(N[C@@H]1C[C@H]2CO[C@@H](c3ccccc3)CN2C1)c1cnc2c(c1)CCCC2. The highest BCUT2D eigenvalue weighted by atomic mass is 16.5. The van der Waals surface area contributed by atoms with Crippen molar-refractivity contribution in [2.75, 3.05) is 19.7 Å². The topological polar surface area (TPSA) is 54.5 Å². The van der Waals surface area contributed by atoms with Crippen molar-refractivity contribution in [2.24, 2.45) is 0 Å². The third-order valence-electron chi connectivity index (χ3n) is 6.36. The Kier molecular flexibility index (Phi) is 4.87. The Morgan fingerprint density at radius 3 is 2.89 bits per heavy atom. The van der Waals surface area contributed by atoms with Crippen molar-refractivity contribution >= 4 is 5.91 Å². The highest BCUT2D eigenvalue weighted by Gasteiger charge is 2.38. The fourth-order valence-electron chi connectivity index (χ4n) is 4.83. The van der Waals surface area contributed by atoms with Crippen molar-refractivity contribution in [3.8, 4) is 0 Å². The van der Waals surface area contributed by atoms with Crippen LogP contribution in [0.15, 0.2) is 42.6 Å². The molecule has 2 fully saturated rings. The molecule has 1 aromatic heterocycles. The molecule has 3 atom stereocenters. The summed E-state index contributed by atoms with van der Waals surface area (Å²) in [7, 11) is 0. The summed E-state index contributed by atoms with van der Waals surface area (Å²) in [4.78, 5) is 19.8. The Balaban J connectivity index is 1.21. The van der Waals surface area contributed by atoms with Gasteiger partial charge >= 0.3 is 0 Å². The maximum atomic E-state index is 12.8. The first kappa shape index (κ1) is 17.8. The lowest BCUT2D eigenvalue weighted by Crippen LogP contribution is -2.43. The molecule has 0 spiro atoms. The van der Waals surface area contributed by atoms with E-state index in [1.807, 2.05) is 12.1 Å². The fraction of sp³-hybridized carbons (Fsp3) is 0.478. The van der Waals surface area contributed by atoms with E-state index in [0.717, 1.165) is 39.0 Å².